The molecule has 1 atom stereocenters. The van der Waals surface area contributed by atoms with Crippen LogP contribution in [0, 0.1) is 11.8 Å². The first-order chi connectivity index (χ1) is 7.33. The second kappa shape index (κ2) is 5.14. The summed E-state index contributed by atoms with van der Waals surface area (Å²) in [6.45, 7) is 4.57. The number of carbonyl (C=O) groups is 1. The lowest BCUT2D eigenvalue weighted by atomic mass is 10.0. The lowest BCUT2D eigenvalue weighted by molar-refractivity contribution is -0.140. The minimum absolute atomic E-state index is 0.295. The molecule has 5 nitrogen and oxygen atoms in total. The highest BCUT2D eigenvalue weighted by molar-refractivity contribution is 7.89. The summed E-state index contributed by atoms with van der Waals surface area (Å²) in [5.74, 6) is -1.64. The average molecular weight is 249 g/mol. The van der Waals surface area contributed by atoms with Crippen molar-refractivity contribution < 1.29 is 18.3 Å². The smallest absolute Gasteiger partial charge is 0.307 e. The summed E-state index contributed by atoms with van der Waals surface area (Å²) in [5.41, 5.74) is 0. The minimum atomic E-state index is -3.40. The third-order valence-corrected chi connectivity index (χ3v) is 5.09. The van der Waals surface area contributed by atoms with Gasteiger partial charge in [-0.1, -0.05) is 13.8 Å². The molecule has 94 valence electrons. The first-order valence-corrected chi connectivity index (χ1v) is 7.14. The van der Waals surface area contributed by atoms with Gasteiger partial charge in [-0.3, -0.25) is 4.79 Å². The Hall–Kier alpha value is -0.620. The molecule has 1 N–H and O–H groups in total. The van der Waals surface area contributed by atoms with E-state index >= 15 is 0 Å². The first-order valence-electron chi connectivity index (χ1n) is 5.53. The van der Waals surface area contributed by atoms with Gasteiger partial charge in [-0.25, -0.2) is 12.7 Å². The molecule has 0 aromatic rings. The predicted molar refractivity (Wildman–Crippen MR) is 60.6 cm³/mol. The van der Waals surface area contributed by atoms with Gasteiger partial charge in [-0.2, -0.15) is 0 Å². The standard InChI is InChI=1S/C10H19NO4S/c1-8-3-5-11(6-4-8)16(14,15)7-9(2)10(12)13/h8-9H,3-7H2,1-2H3,(H,12,13)/t9-/m0/s1. The maximum absolute atomic E-state index is 11.9. The van der Waals surface area contributed by atoms with E-state index in [0.717, 1.165) is 12.8 Å². The zero-order valence-corrected chi connectivity index (χ0v) is 10.5. The zero-order chi connectivity index (χ0) is 12.3. The van der Waals surface area contributed by atoms with Crippen LogP contribution in [-0.2, 0) is 14.8 Å². The molecule has 16 heavy (non-hydrogen) atoms. The fourth-order valence-corrected chi connectivity index (χ4v) is 3.51. The van der Waals surface area contributed by atoms with Gasteiger partial charge in [-0.15, -0.1) is 0 Å². The quantitative estimate of drug-likeness (QED) is 0.798. The van der Waals surface area contributed by atoms with Crippen molar-refractivity contribution >= 4 is 16.0 Å². The van der Waals surface area contributed by atoms with Gasteiger partial charge in [0.05, 0.1) is 11.7 Å². The van der Waals surface area contributed by atoms with Crippen LogP contribution in [0.1, 0.15) is 26.7 Å². The molecule has 1 heterocycles. The number of rotatable bonds is 4. The molecule has 0 aliphatic carbocycles. The molecule has 0 unspecified atom stereocenters. The van der Waals surface area contributed by atoms with Crippen LogP contribution in [0.5, 0.6) is 0 Å². The molecule has 0 amide bonds. The van der Waals surface area contributed by atoms with Crippen LogP contribution in [0.4, 0.5) is 0 Å². The van der Waals surface area contributed by atoms with Gasteiger partial charge in [0, 0.05) is 13.1 Å². The number of carboxylic acids is 1. The fraction of sp³-hybridized carbons (Fsp3) is 0.900. The maximum atomic E-state index is 11.9. The number of piperidine rings is 1. The lowest BCUT2D eigenvalue weighted by Gasteiger charge is -2.29. The van der Waals surface area contributed by atoms with Crippen molar-refractivity contribution in [2.45, 2.75) is 26.7 Å². The SMILES string of the molecule is CC1CCN(S(=O)(=O)C[C@H](C)C(=O)O)CC1. The molecular formula is C10H19NO4S. The Kier molecular flexibility index (Phi) is 4.32. The van der Waals surface area contributed by atoms with Crippen molar-refractivity contribution in [3.05, 3.63) is 0 Å². The molecule has 1 aliphatic heterocycles. The third-order valence-electron chi connectivity index (χ3n) is 3.02. The van der Waals surface area contributed by atoms with Crippen molar-refractivity contribution in [2.24, 2.45) is 11.8 Å². The van der Waals surface area contributed by atoms with E-state index in [-0.39, 0.29) is 5.75 Å². The Morgan fingerprint density at radius 3 is 2.38 bits per heavy atom. The van der Waals surface area contributed by atoms with E-state index in [4.69, 9.17) is 5.11 Å². The van der Waals surface area contributed by atoms with Crippen LogP contribution < -0.4 is 0 Å². The summed E-state index contributed by atoms with van der Waals surface area (Å²) in [5, 5.41) is 8.70. The second-order valence-corrected chi connectivity index (χ2v) is 6.61. The van der Waals surface area contributed by atoms with E-state index in [0.29, 0.717) is 19.0 Å². The van der Waals surface area contributed by atoms with Gasteiger partial charge in [0.25, 0.3) is 0 Å². The van der Waals surface area contributed by atoms with E-state index in [1.165, 1.54) is 11.2 Å². The number of hydrogen-bond acceptors (Lipinski definition) is 3. The highest BCUT2D eigenvalue weighted by atomic mass is 32.2. The van der Waals surface area contributed by atoms with Crippen LogP contribution >= 0.6 is 0 Å². The number of carboxylic acid groups (broad SMARTS) is 1. The van der Waals surface area contributed by atoms with Crippen molar-refractivity contribution in [3.63, 3.8) is 0 Å². The maximum Gasteiger partial charge on any atom is 0.307 e. The molecule has 0 saturated carbocycles. The Balaban J connectivity index is 2.60. The summed E-state index contributed by atoms with van der Waals surface area (Å²) in [7, 11) is -3.40. The number of hydrogen-bond donors (Lipinski definition) is 1. The molecule has 0 bridgehead atoms. The Morgan fingerprint density at radius 1 is 1.44 bits per heavy atom. The summed E-state index contributed by atoms with van der Waals surface area (Å²) >= 11 is 0. The largest absolute Gasteiger partial charge is 0.481 e. The monoisotopic (exact) mass is 249 g/mol. The van der Waals surface area contributed by atoms with Gasteiger partial charge in [0.2, 0.25) is 10.0 Å². The van der Waals surface area contributed by atoms with Gasteiger partial charge in [0.15, 0.2) is 0 Å². The number of sulfonamides is 1. The van der Waals surface area contributed by atoms with Gasteiger partial charge >= 0.3 is 5.97 Å². The van der Waals surface area contributed by atoms with E-state index in [1.807, 2.05) is 0 Å². The van der Waals surface area contributed by atoms with Gasteiger partial charge in [0.1, 0.15) is 0 Å². The molecule has 0 spiro atoms. The summed E-state index contributed by atoms with van der Waals surface area (Å²) < 4.78 is 25.2. The zero-order valence-electron chi connectivity index (χ0n) is 9.72. The van der Waals surface area contributed by atoms with Crippen molar-refractivity contribution in [1.82, 2.24) is 4.31 Å². The summed E-state index contributed by atoms with van der Waals surface area (Å²) in [4.78, 5) is 10.6. The highest BCUT2D eigenvalue weighted by Gasteiger charge is 2.29. The first kappa shape index (κ1) is 13.4. The van der Waals surface area contributed by atoms with Crippen molar-refractivity contribution in [2.75, 3.05) is 18.8 Å². The van der Waals surface area contributed by atoms with Crippen LogP contribution in [0.25, 0.3) is 0 Å². The molecule has 1 saturated heterocycles. The van der Waals surface area contributed by atoms with Crippen LogP contribution in [-0.4, -0.2) is 42.6 Å². The Labute approximate surface area is 96.5 Å². The normalized spacial score (nSPS) is 21.9. The van der Waals surface area contributed by atoms with Gasteiger partial charge < -0.3 is 5.11 Å². The van der Waals surface area contributed by atoms with Crippen molar-refractivity contribution in [1.29, 1.82) is 0 Å². The second-order valence-electron chi connectivity index (χ2n) is 4.60. The van der Waals surface area contributed by atoms with Crippen molar-refractivity contribution in [3.8, 4) is 0 Å². The molecule has 0 radical (unpaired) electrons. The predicted octanol–water partition coefficient (Wildman–Crippen LogP) is 0.769. The number of nitrogens with zero attached hydrogens (tertiary/aromatic N) is 1. The van der Waals surface area contributed by atoms with Gasteiger partial charge in [-0.05, 0) is 18.8 Å². The summed E-state index contributed by atoms with van der Waals surface area (Å²) in [6.07, 6.45) is 1.72. The van der Waals surface area contributed by atoms with E-state index < -0.39 is 21.9 Å². The lowest BCUT2D eigenvalue weighted by Crippen LogP contribution is -2.41. The third kappa shape index (κ3) is 3.45. The van der Waals surface area contributed by atoms with Crippen LogP contribution in [0.2, 0.25) is 0 Å². The minimum Gasteiger partial charge on any atom is -0.481 e. The highest BCUT2D eigenvalue weighted by Crippen LogP contribution is 2.19. The topological polar surface area (TPSA) is 74.7 Å². The average Bonchev–Trinajstić information content (AvgIpc) is 2.17. The van der Waals surface area contributed by atoms with Crippen LogP contribution in [0.15, 0.2) is 0 Å². The molecule has 6 heteroatoms. The van der Waals surface area contributed by atoms with E-state index in [9.17, 15) is 13.2 Å². The molecular weight excluding hydrogens is 230 g/mol. The van der Waals surface area contributed by atoms with E-state index in [2.05, 4.69) is 6.92 Å². The molecule has 0 aromatic carbocycles. The van der Waals surface area contributed by atoms with E-state index in [1.54, 1.807) is 0 Å². The molecule has 1 fully saturated rings. The Morgan fingerprint density at radius 2 is 1.94 bits per heavy atom. The molecule has 1 aliphatic rings. The molecule has 0 aromatic heterocycles. The fourth-order valence-electron chi connectivity index (χ4n) is 1.76. The Bertz CT molecular complexity index is 344. The summed E-state index contributed by atoms with van der Waals surface area (Å²) in [6, 6.07) is 0. The molecule has 1 rings (SSSR count). The van der Waals surface area contributed by atoms with Crippen LogP contribution in [0.3, 0.4) is 0 Å². The number of aliphatic carboxylic acids is 1.